The molecule has 2 N–H and O–H groups in total. The average Bonchev–Trinajstić information content (AvgIpc) is 2.62. The fraction of sp³-hybridized carbons (Fsp3) is 0. The van der Waals surface area contributed by atoms with E-state index < -0.39 is 0 Å². The summed E-state index contributed by atoms with van der Waals surface area (Å²) in [6.45, 7) is 0. The van der Waals surface area contributed by atoms with Crippen LogP contribution in [0.3, 0.4) is 0 Å². The molecule has 0 aliphatic rings. The molecule has 0 atom stereocenters. The molecule has 0 saturated carbocycles. The van der Waals surface area contributed by atoms with Crippen LogP contribution in [0.2, 0.25) is 0 Å². The number of nitrogens with zero attached hydrogens (tertiary/aromatic N) is 2. The zero-order valence-corrected chi connectivity index (χ0v) is 8.61. The summed E-state index contributed by atoms with van der Waals surface area (Å²) >= 11 is 2.67. The molecule has 72 valence electrons. The highest BCUT2D eigenvalue weighted by atomic mass is 32.2. The van der Waals surface area contributed by atoms with Crippen molar-refractivity contribution in [2.75, 3.05) is 5.73 Å². The van der Waals surface area contributed by atoms with Crippen LogP contribution in [0.25, 0.3) is 0 Å². The molecule has 0 radical (unpaired) electrons. The minimum absolute atomic E-state index is 0.330. The third-order valence-electron chi connectivity index (χ3n) is 1.51. The molecule has 1 aromatic heterocycles. The van der Waals surface area contributed by atoms with E-state index in [1.807, 2.05) is 0 Å². The van der Waals surface area contributed by atoms with Crippen molar-refractivity contribution >= 4 is 29.0 Å². The second-order valence-corrected chi connectivity index (χ2v) is 4.56. The summed E-state index contributed by atoms with van der Waals surface area (Å²) in [4.78, 5) is 4.79. The van der Waals surface area contributed by atoms with Gasteiger partial charge in [-0.2, -0.15) is 4.37 Å². The smallest absolute Gasteiger partial charge is 0.174 e. The largest absolute Gasteiger partial charge is 0.398 e. The van der Waals surface area contributed by atoms with Gasteiger partial charge in [0.05, 0.1) is 0 Å². The van der Waals surface area contributed by atoms with Crippen molar-refractivity contribution in [1.82, 2.24) is 9.36 Å². The molecule has 0 fully saturated rings. The van der Waals surface area contributed by atoms with Crippen molar-refractivity contribution in [3.05, 3.63) is 30.3 Å². The Morgan fingerprint density at radius 3 is 2.93 bits per heavy atom. The number of aromatic nitrogens is 2. The van der Waals surface area contributed by atoms with Gasteiger partial charge in [0.2, 0.25) is 0 Å². The Labute approximate surface area is 88.3 Å². The van der Waals surface area contributed by atoms with Crippen molar-refractivity contribution in [1.29, 1.82) is 0 Å². The number of nitrogen functional groups attached to an aromatic ring is 1. The van der Waals surface area contributed by atoms with Gasteiger partial charge < -0.3 is 5.73 Å². The molecule has 1 heterocycles. The number of anilines is 1. The molecular formula is C8H6FN3S2. The maximum atomic E-state index is 12.7. The van der Waals surface area contributed by atoms with E-state index in [0.717, 1.165) is 9.24 Å². The predicted molar refractivity (Wildman–Crippen MR) is 54.8 cm³/mol. The summed E-state index contributed by atoms with van der Waals surface area (Å²) < 4.78 is 17.4. The second kappa shape index (κ2) is 3.93. The first-order chi connectivity index (χ1) is 6.75. The first-order valence-corrected chi connectivity index (χ1v) is 5.34. The number of rotatable bonds is 2. The number of hydrogen-bond donors (Lipinski definition) is 1. The molecule has 0 aliphatic carbocycles. The lowest BCUT2D eigenvalue weighted by molar-refractivity contribution is 0.627. The molecule has 0 spiro atoms. The quantitative estimate of drug-likeness (QED) is 0.800. The van der Waals surface area contributed by atoms with Gasteiger partial charge in [0.15, 0.2) is 4.34 Å². The topological polar surface area (TPSA) is 51.8 Å². The summed E-state index contributed by atoms with van der Waals surface area (Å²) in [5.41, 5.74) is 6.06. The lowest BCUT2D eigenvalue weighted by atomic mass is 10.3. The van der Waals surface area contributed by atoms with Gasteiger partial charge in [-0.3, -0.25) is 0 Å². The van der Waals surface area contributed by atoms with E-state index >= 15 is 0 Å². The van der Waals surface area contributed by atoms with E-state index in [-0.39, 0.29) is 5.82 Å². The summed E-state index contributed by atoms with van der Waals surface area (Å²) in [6.07, 6.45) is 1.48. The van der Waals surface area contributed by atoms with E-state index in [9.17, 15) is 4.39 Å². The normalized spacial score (nSPS) is 10.4. The van der Waals surface area contributed by atoms with Crippen LogP contribution in [0.4, 0.5) is 10.1 Å². The lowest BCUT2D eigenvalue weighted by Gasteiger charge is -2.01. The second-order valence-electron chi connectivity index (χ2n) is 2.49. The molecule has 2 rings (SSSR count). The van der Waals surface area contributed by atoms with Crippen molar-refractivity contribution in [2.45, 2.75) is 9.24 Å². The highest BCUT2D eigenvalue weighted by molar-refractivity contribution is 8.01. The highest BCUT2D eigenvalue weighted by Gasteiger charge is 2.05. The minimum Gasteiger partial charge on any atom is -0.398 e. The molecule has 2 aromatic rings. The zero-order chi connectivity index (χ0) is 9.97. The van der Waals surface area contributed by atoms with Gasteiger partial charge in [-0.15, -0.1) is 0 Å². The fourth-order valence-corrected chi connectivity index (χ4v) is 2.34. The van der Waals surface area contributed by atoms with Crippen LogP contribution in [0, 0.1) is 5.82 Å². The Morgan fingerprint density at radius 2 is 2.29 bits per heavy atom. The molecule has 1 aromatic carbocycles. The summed E-state index contributed by atoms with van der Waals surface area (Å²) in [6, 6.07) is 4.31. The Kier molecular flexibility index (Phi) is 2.64. The molecular weight excluding hydrogens is 221 g/mol. The van der Waals surface area contributed by atoms with Gasteiger partial charge in [0, 0.05) is 10.6 Å². The van der Waals surface area contributed by atoms with Crippen molar-refractivity contribution in [3.8, 4) is 0 Å². The Balaban J connectivity index is 2.25. The molecule has 0 bridgehead atoms. The van der Waals surface area contributed by atoms with Gasteiger partial charge in [-0.05, 0) is 29.7 Å². The van der Waals surface area contributed by atoms with E-state index in [1.165, 1.54) is 41.8 Å². The maximum Gasteiger partial charge on any atom is 0.174 e. The molecule has 6 heteroatoms. The third kappa shape index (κ3) is 2.02. The fourth-order valence-electron chi connectivity index (χ4n) is 0.914. The number of benzene rings is 1. The van der Waals surface area contributed by atoms with Gasteiger partial charge in [0.1, 0.15) is 12.1 Å². The summed E-state index contributed by atoms with van der Waals surface area (Å²) in [5.74, 6) is -0.330. The van der Waals surface area contributed by atoms with Crippen LogP contribution >= 0.6 is 23.3 Å². The number of hydrogen-bond acceptors (Lipinski definition) is 5. The van der Waals surface area contributed by atoms with Gasteiger partial charge >= 0.3 is 0 Å². The van der Waals surface area contributed by atoms with Gasteiger partial charge in [0.25, 0.3) is 0 Å². The van der Waals surface area contributed by atoms with Crippen LogP contribution < -0.4 is 5.73 Å². The van der Waals surface area contributed by atoms with E-state index in [0.29, 0.717) is 5.69 Å². The lowest BCUT2D eigenvalue weighted by Crippen LogP contribution is -1.89. The van der Waals surface area contributed by atoms with Crippen LogP contribution in [-0.4, -0.2) is 9.36 Å². The minimum atomic E-state index is -0.330. The predicted octanol–water partition coefficient (Wildman–Crippen LogP) is 2.41. The number of nitrogens with two attached hydrogens (primary N) is 1. The van der Waals surface area contributed by atoms with Crippen LogP contribution in [0.15, 0.2) is 33.8 Å². The van der Waals surface area contributed by atoms with Gasteiger partial charge in [-0.1, -0.05) is 11.8 Å². The molecule has 0 unspecified atom stereocenters. The first-order valence-electron chi connectivity index (χ1n) is 3.75. The Bertz CT molecular complexity index is 430. The summed E-state index contributed by atoms with van der Waals surface area (Å²) in [5, 5.41) is 0. The SMILES string of the molecule is Nc1cc(F)ccc1Sc1ncns1. The van der Waals surface area contributed by atoms with Crippen molar-refractivity contribution in [2.24, 2.45) is 0 Å². The molecule has 3 nitrogen and oxygen atoms in total. The molecule has 14 heavy (non-hydrogen) atoms. The molecule has 0 saturated heterocycles. The van der Waals surface area contributed by atoms with Crippen molar-refractivity contribution in [3.63, 3.8) is 0 Å². The Hall–Kier alpha value is -1.14. The standard InChI is InChI=1S/C8H6FN3S2/c9-5-1-2-7(6(10)3-5)13-8-11-4-12-14-8/h1-4H,10H2. The Morgan fingerprint density at radius 1 is 1.43 bits per heavy atom. The first kappa shape index (κ1) is 9.42. The third-order valence-corrected chi connectivity index (χ3v) is 3.32. The number of halogens is 1. The zero-order valence-electron chi connectivity index (χ0n) is 6.98. The van der Waals surface area contributed by atoms with Gasteiger partial charge in [-0.25, -0.2) is 9.37 Å². The maximum absolute atomic E-state index is 12.7. The van der Waals surface area contributed by atoms with E-state index in [2.05, 4.69) is 9.36 Å². The van der Waals surface area contributed by atoms with Crippen LogP contribution in [-0.2, 0) is 0 Å². The van der Waals surface area contributed by atoms with E-state index in [1.54, 1.807) is 6.07 Å². The van der Waals surface area contributed by atoms with Crippen LogP contribution in [0.1, 0.15) is 0 Å². The average molecular weight is 227 g/mol. The van der Waals surface area contributed by atoms with Crippen LogP contribution in [0.5, 0.6) is 0 Å². The summed E-state index contributed by atoms with van der Waals surface area (Å²) in [7, 11) is 0. The monoisotopic (exact) mass is 227 g/mol. The molecule has 0 aliphatic heterocycles. The molecule has 0 amide bonds. The van der Waals surface area contributed by atoms with Crippen molar-refractivity contribution < 1.29 is 4.39 Å². The highest BCUT2D eigenvalue weighted by Crippen LogP contribution is 2.32. The van der Waals surface area contributed by atoms with E-state index in [4.69, 9.17) is 5.73 Å².